The van der Waals surface area contributed by atoms with Gasteiger partial charge in [-0.05, 0) is 0 Å². The predicted octanol–water partition coefficient (Wildman–Crippen LogP) is -7.34. The van der Waals surface area contributed by atoms with Crippen LogP contribution < -0.4 is 59.1 Å². The van der Waals surface area contributed by atoms with Gasteiger partial charge in [0, 0.05) is 12.8 Å². The summed E-state index contributed by atoms with van der Waals surface area (Å²) < 4.78 is 60.2. The Morgan fingerprint density at radius 2 is 1.17 bits per heavy atom. The molecule has 1 fully saturated rings. The van der Waals surface area contributed by atoms with E-state index in [2.05, 4.69) is 0 Å². The maximum atomic E-state index is 11.3. The van der Waals surface area contributed by atoms with Crippen molar-refractivity contribution in [2.24, 2.45) is 0 Å². The van der Waals surface area contributed by atoms with Crippen molar-refractivity contribution in [3.05, 3.63) is 0 Å². The predicted molar refractivity (Wildman–Crippen MR) is 52.1 cm³/mol. The Kier molecular flexibility index (Phi) is 8.64. The van der Waals surface area contributed by atoms with E-state index in [0.717, 1.165) is 0 Å². The molecule has 0 spiro atoms. The zero-order valence-electron chi connectivity index (χ0n) is 11.7. The van der Waals surface area contributed by atoms with E-state index in [1.54, 1.807) is 0 Å². The smallest absolute Gasteiger partial charge is 1.00 e. The molecular weight excluding hydrogens is 310 g/mol. The fourth-order valence-corrected chi connectivity index (χ4v) is 3.20. The maximum absolute atomic E-state index is 11.3. The van der Waals surface area contributed by atoms with Gasteiger partial charge in [0.25, 0.3) is 20.2 Å². The summed E-state index contributed by atoms with van der Waals surface area (Å²) in [7, 11) is -9.69. The van der Waals surface area contributed by atoms with Crippen molar-refractivity contribution >= 4 is 31.8 Å². The first-order valence-electron chi connectivity index (χ1n) is 4.01. The molecule has 2 unspecified atom stereocenters. The molecule has 1 aliphatic rings. The molecule has 0 aromatic rings. The first-order valence-corrected chi connectivity index (χ1v) is 7.02. The van der Waals surface area contributed by atoms with Crippen molar-refractivity contribution < 1.29 is 97.5 Å². The van der Waals surface area contributed by atoms with Crippen molar-refractivity contribution in [2.75, 3.05) is 0 Å². The quantitative estimate of drug-likeness (QED) is 0.377. The second-order valence-corrected chi connectivity index (χ2v) is 6.55. The number of rotatable bonds is 2. The van der Waals surface area contributed by atoms with Gasteiger partial charge in [-0.2, -0.15) is 16.8 Å². The molecule has 2 N–H and O–H groups in total. The summed E-state index contributed by atoms with van der Waals surface area (Å²) in [6.45, 7) is 0. The average Bonchev–Trinajstić information content (AvgIpc) is 2.04. The van der Waals surface area contributed by atoms with Crippen molar-refractivity contribution in [3.63, 3.8) is 0 Å². The van der Waals surface area contributed by atoms with Gasteiger partial charge in [-0.1, -0.05) is 0 Å². The molecule has 18 heavy (non-hydrogen) atoms. The molecule has 0 aromatic carbocycles. The summed E-state index contributed by atoms with van der Waals surface area (Å²) in [5, 5.41) is -4.22. The Morgan fingerprint density at radius 3 is 1.39 bits per heavy atom. The zero-order valence-corrected chi connectivity index (χ0v) is 15.4. The molecule has 0 bridgehead atoms. The second-order valence-electron chi connectivity index (χ2n) is 3.36. The van der Waals surface area contributed by atoms with Crippen LogP contribution >= 0.6 is 0 Å². The molecule has 96 valence electrons. The van der Waals surface area contributed by atoms with E-state index in [-0.39, 0.29) is 62.0 Å². The first-order chi connectivity index (χ1) is 7.03. The van der Waals surface area contributed by atoms with Crippen molar-refractivity contribution in [1.29, 1.82) is 0 Å². The van der Waals surface area contributed by atoms with E-state index < -0.39 is 55.1 Å². The van der Waals surface area contributed by atoms with Crippen LogP contribution in [-0.2, 0) is 29.8 Å². The van der Waals surface area contributed by atoms with E-state index in [1.165, 1.54) is 0 Å². The number of ketones is 2. The van der Waals surface area contributed by atoms with E-state index in [9.17, 15) is 26.4 Å². The van der Waals surface area contributed by atoms with Crippen LogP contribution in [-0.4, -0.2) is 48.0 Å². The fraction of sp³-hybridized carbons (Fsp3) is 0.667. The zero-order chi connectivity index (χ0) is 12.7. The van der Waals surface area contributed by atoms with Crippen molar-refractivity contribution in [2.45, 2.75) is 23.3 Å². The molecular formula is C6H10Na2O8S2. The van der Waals surface area contributed by atoms with Crippen LogP contribution in [0.4, 0.5) is 0 Å². The molecule has 0 saturated heterocycles. The SMILES string of the molecule is O=C1CC(S(=O)(=O)O)C(=O)C(S(=O)(=O)O)C1.[H-].[H-].[Na+].[Na+]. The normalized spacial score (nSPS) is 25.0. The average molecular weight is 320 g/mol. The van der Waals surface area contributed by atoms with Gasteiger partial charge in [-0.15, -0.1) is 0 Å². The molecule has 0 amide bonds. The molecule has 8 nitrogen and oxygen atoms in total. The third-order valence-corrected chi connectivity index (χ3v) is 4.42. The maximum Gasteiger partial charge on any atom is 1.00 e. The van der Waals surface area contributed by atoms with Crippen molar-refractivity contribution in [3.8, 4) is 0 Å². The van der Waals surface area contributed by atoms with Gasteiger partial charge >= 0.3 is 59.1 Å². The second kappa shape index (κ2) is 7.25. The van der Waals surface area contributed by atoms with Gasteiger partial charge in [0.05, 0.1) is 0 Å². The number of carbonyl (C=O) groups excluding carboxylic acids is 2. The fourth-order valence-electron chi connectivity index (χ4n) is 1.41. The molecule has 0 heterocycles. The van der Waals surface area contributed by atoms with Gasteiger partial charge in [-0.25, -0.2) is 0 Å². The summed E-state index contributed by atoms with van der Waals surface area (Å²) in [5.74, 6) is -2.21. The van der Waals surface area contributed by atoms with Crippen LogP contribution in [0.15, 0.2) is 0 Å². The van der Waals surface area contributed by atoms with Crippen LogP contribution in [0.2, 0.25) is 0 Å². The third-order valence-electron chi connectivity index (χ3n) is 2.18. The number of hydrogen-bond donors (Lipinski definition) is 2. The minimum absolute atomic E-state index is 0. The monoisotopic (exact) mass is 320 g/mol. The van der Waals surface area contributed by atoms with Gasteiger partial charge < -0.3 is 2.85 Å². The number of carbonyl (C=O) groups is 2. The van der Waals surface area contributed by atoms with Crippen LogP contribution in [0.1, 0.15) is 15.7 Å². The Labute approximate surface area is 151 Å². The Morgan fingerprint density at radius 1 is 0.889 bits per heavy atom. The van der Waals surface area contributed by atoms with Crippen LogP contribution in [0.3, 0.4) is 0 Å². The third kappa shape index (κ3) is 5.27. The molecule has 1 rings (SSSR count). The van der Waals surface area contributed by atoms with E-state index in [1.807, 2.05) is 0 Å². The van der Waals surface area contributed by atoms with E-state index in [0.29, 0.717) is 0 Å². The van der Waals surface area contributed by atoms with E-state index >= 15 is 0 Å². The number of hydrogen-bond acceptors (Lipinski definition) is 6. The Balaban J connectivity index is -0.000000320. The molecule has 1 saturated carbocycles. The largest absolute Gasteiger partial charge is 1.00 e. The number of Topliss-reactive ketones (excluding diaryl/α,β-unsaturated/α-hetero) is 2. The topological polar surface area (TPSA) is 143 Å². The molecule has 0 aliphatic heterocycles. The molecule has 0 radical (unpaired) electrons. The molecule has 2 atom stereocenters. The van der Waals surface area contributed by atoms with Gasteiger partial charge in [-0.3, -0.25) is 18.7 Å². The van der Waals surface area contributed by atoms with E-state index in [4.69, 9.17) is 9.11 Å². The summed E-state index contributed by atoms with van der Waals surface area (Å²) >= 11 is 0. The van der Waals surface area contributed by atoms with Crippen LogP contribution in [0, 0.1) is 0 Å². The molecule has 0 aromatic heterocycles. The Hall–Kier alpha value is 1.16. The Bertz CT molecular complexity index is 499. The summed E-state index contributed by atoms with van der Waals surface area (Å²) in [5.41, 5.74) is 0. The van der Waals surface area contributed by atoms with Crippen molar-refractivity contribution in [1.82, 2.24) is 0 Å². The summed E-state index contributed by atoms with van der Waals surface area (Å²) in [6, 6.07) is 0. The minimum atomic E-state index is -4.85. The van der Waals surface area contributed by atoms with Crippen LogP contribution in [0.25, 0.3) is 0 Å². The van der Waals surface area contributed by atoms with Gasteiger partial charge in [0.1, 0.15) is 5.78 Å². The van der Waals surface area contributed by atoms with Gasteiger partial charge in [0.2, 0.25) is 0 Å². The molecule has 1 aliphatic carbocycles. The minimum Gasteiger partial charge on any atom is -1.00 e. The first kappa shape index (κ1) is 21.5. The standard InChI is InChI=1S/C6H8O8S2.2Na.2H/c7-3-1-4(15(9,10)11)6(8)5(2-3)16(12,13)14;;;;/h4-5H,1-2H2,(H,9,10,11)(H,12,13,14);;;;/q;2*+1;2*-1. The summed E-state index contributed by atoms with van der Waals surface area (Å²) in [4.78, 5) is 22.4. The summed E-state index contributed by atoms with van der Waals surface area (Å²) in [6.07, 6.45) is -1.55. The van der Waals surface area contributed by atoms with Crippen LogP contribution in [0.5, 0.6) is 0 Å². The molecule has 12 heteroatoms. The van der Waals surface area contributed by atoms with Gasteiger partial charge in [0.15, 0.2) is 16.3 Å².